The summed E-state index contributed by atoms with van der Waals surface area (Å²) in [6.45, 7) is 12.0. The highest BCUT2D eigenvalue weighted by Gasteiger charge is 2.31. The summed E-state index contributed by atoms with van der Waals surface area (Å²) in [6, 6.07) is 8.00. The first-order valence-corrected chi connectivity index (χ1v) is 10.5. The predicted octanol–water partition coefficient (Wildman–Crippen LogP) is 5.94. The summed E-state index contributed by atoms with van der Waals surface area (Å²) in [7, 11) is 0. The molecule has 0 aliphatic rings. The van der Waals surface area contributed by atoms with Gasteiger partial charge in [-0.05, 0) is 30.7 Å². The van der Waals surface area contributed by atoms with Gasteiger partial charge in [0.1, 0.15) is 17.2 Å². The third kappa shape index (κ3) is 5.01. The Hall–Kier alpha value is -2.07. The summed E-state index contributed by atoms with van der Waals surface area (Å²) in [6.07, 6.45) is 4.90. The van der Waals surface area contributed by atoms with Crippen LogP contribution in [0.15, 0.2) is 30.8 Å². The van der Waals surface area contributed by atoms with E-state index >= 15 is 0 Å². The molecule has 2 atom stereocenters. The van der Waals surface area contributed by atoms with Crippen LogP contribution >= 0.6 is 11.3 Å². The number of hydrogen-bond donors (Lipinski definition) is 0. The zero-order valence-corrected chi connectivity index (χ0v) is 17.5. The van der Waals surface area contributed by atoms with Crippen LogP contribution in [0, 0.1) is 11.8 Å². The molecular weight excluding hydrogens is 354 g/mol. The molecule has 0 amide bonds. The predicted molar refractivity (Wildman–Crippen MR) is 114 cm³/mol. The van der Waals surface area contributed by atoms with Gasteiger partial charge in [-0.25, -0.2) is 4.98 Å². The Labute approximate surface area is 166 Å². The zero-order chi connectivity index (χ0) is 20.0. The lowest BCUT2D eigenvalue weighted by atomic mass is 9.84. The van der Waals surface area contributed by atoms with E-state index in [2.05, 4.69) is 20.4 Å². The highest BCUT2D eigenvalue weighted by Crippen LogP contribution is 2.34. The molecule has 0 saturated heterocycles. The maximum Gasteiger partial charge on any atom is 0.152 e. The molecule has 0 aliphatic carbocycles. The van der Waals surface area contributed by atoms with Crippen LogP contribution in [0.2, 0.25) is 0 Å². The molecule has 0 aliphatic heterocycles. The van der Waals surface area contributed by atoms with Crippen molar-refractivity contribution in [1.82, 2.24) is 4.98 Å². The summed E-state index contributed by atoms with van der Waals surface area (Å²) < 4.78 is 0. The third-order valence-corrected chi connectivity index (χ3v) is 6.09. The molecule has 0 spiro atoms. The van der Waals surface area contributed by atoms with Crippen molar-refractivity contribution < 1.29 is 9.59 Å². The van der Waals surface area contributed by atoms with Crippen LogP contribution in [0.5, 0.6) is 0 Å². The average molecular weight is 384 g/mol. The second kappa shape index (κ2) is 9.75. The molecule has 27 heavy (non-hydrogen) atoms. The van der Waals surface area contributed by atoms with E-state index in [0.717, 1.165) is 46.6 Å². The first-order valence-electron chi connectivity index (χ1n) is 9.66. The van der Waals surface area contributed by atoms with Crippen LogP contribution in [-0.4, -0.2) is 17.1 Å². The average Bonchev–Trinajstić information content (AvgIpc) is 3.10. The molecule has 2 rings (SSSR count). The molecule has 0 saturated carbocycles. The van der Waals surface area contributed by atoms with E-state index in [1.165, 1.54) is 0 Å². The van der Waals surface area contributed by atoms with E-state index in [1.807, 2.05) is 38.1 Å². The normalized spacial score (nSPS) is 13.4. The second-order valence-electron chi connectivity index (χ2n) is 7.26. The van der Waals surface area contributed by atoms with Crippen LogP contribution in [0.4, 0.5) is 0 Å². The van der Waals surface area contributed by atoms with Crippen molar-refractivity contribution in [3.63, 3.8) is 0 Å². The van der Waals surface area contributed by atoms with E-state index < -0.39 is 5.92 Å². The Morgan fingerprint density at radius 1 is 1.22 bits per heavy atom. The van der Waals surface area contributed by atoms with Crippen molar-refractivity contribution in [2.75, 3.05) is 0 Å². The molecule has 4 heteroatoms. The maximum absolute atomic E-state index is 13.1. The number of thiazole rings is 1. The van der Waals surface area contributed by atoms with E-state index in [-0.39, 0.29) is 11.7 Å². The van der Waals surface area contributed by atoms with Crippen molar-refractivity contribution in [1.29, 1.82) is 0 Å². The van der Waals surface area contributed by atoms with Crippen LogP contribution in [-0.2, 0) is 16.0 Å². The fraction of sp³-hybridized carbons (Fsp3) is 0.435. The summed E-state index contributed by atoms with van der Waals surface area (Å²) in [4.78, 5) is 30.7. The highest BCUT2D eigenvalue weighted by molar-refractivity contribution is 7.15. The number of carbonyl (C=O) groups excluding carboxylic acids is 2. The Morgan fingerprint density at radius 3 is 2.37 bits per heavy atom. The molecule has 0 radical (unpaired) electrons. The monoisotopic (exact) mass is 383 g/mol. The smallest absolute Gasteiger partial charge is 0.152 e. The van der Waals surface area contributed by atoms with Gasteiger partial charge in [-0.3, -0.25) is 4.79 Å². The number of aryl methyl sites for hydroxylation is 1. The number of carbonyl (C=O) groups is 2. The van der Waals surface area contributed by atoms with Crippen molar-refractivity contribution in [2.24, 2.45) is 11.8 Å². The minimum absolute atomic E-state index is 0.00903. The molecule has 1 aromatic heterocycles. The lowest BCUT2D eigenvalue weighted by molar-refractivity contribution is -0.128. The van der Waals surface area contributed by atoms with Crippen LogP contribution < -0.4 is 0 Å². The number of aromatic nitrogens is 1. The van der Waals surface area contributed by atoms with Crippen molar-refractivity contribution in [3.05, 3.63) is 47.0 Å². The zero-order valence-electron chi connectivity index (χ0n) is 16.7. The first-order chi connectivity index (χ1) is 12.9. The SMILES string of the molecule is C=Cc1ccc(-c2nc(C(C=O)C(=O)[C@H](CC)CC(C)C)c(CC)s2)cc1. The summed E-state index contributed by atoms with van der Waals surface area (Å²) in [5.41, 5.74) is 2.69. The van der Waals surface area contributed by atoms with Gasteiger partial charge < -0.3 is 4.79 Å². The van der Waals surface area contributed by atoms with Gasteiger partial charge in [0.15, 0.2) is 5.78 Å². The quantitative estimate of drug-likeness (QED) is 0.377. The lowest BCUT2D eigenvalue weighted by Gasteiger charge is -2.19. The lowest BCUT2D eigenvalue weighted by Crippen LogP contribution is -2.25. The Morgan fingerprint density at radius 2 is 1.89 bits per heavy atom. The van der Waals surface area contributed by atoms with Gasteiger partial charge in [0, 0.05) is 16.4 Å². The van der Waals surface area contributed by atoms with Gasteiger partial charge in [0.2, 0.25) is 0 Å². The molecule has 0 fully saturated rings. The van der Waals surface area contributed by atoms with E-state index in [1.54, 1.807) is 17.4 Å². The number of benzene rings is 1. The number of rotatable bonds is 10. The third-order valence-electron chi connectivity index (χ3n) is 4.83. The van der Waals surface area contributed by atoms with Gasteiger partial charge >= 0.3 is 0 Å². The van der Waals surface area contributed by atoms with Gasteiger partial charge in [-0.2, -0.15) is 0 Å². The topological polar surface area (TPSA) is 47.0 Å². The van der Waals surface area contributed by atoms with Crippen LogP contribution in [0.1, 0.15) is 62.6 Å². The van der Waals surface area contributed by atoms with Crippen LogP contribution in [0.25, 0.3) is 16.6 Å². The van der Waals surface area contributed by atoms with Crippen molar-refractivity contribution in [2.45, 2.75) is 52.9 Å². The van der Waals surface area contributed by atoms with Crippen molar-refractivity contribution >= 4 is 29.5 Å². The molecule has 0 bridgehead atoms. The highest BCUT2D eigenvalue weighted by atomic mass is 32.1. The molecule has 1 unspecified atom stereocenters. The number of ketones is 1. The summed E-state index contributed by atoms with van der Waals surface area (Å²) in [5, 5.41) is 0.856. The van der Waals surface area contributed by atoms with Crippen molar-refractivity contribution in [3.8, 4) is 10.6 Å². The first kappa shape index (κ1) is 21.2. The fourth-order valence-corrected chi connectivity index (χ4v) is 4.37. The van der Waals surface area contributed by atoms with Crippen LogP contribution in [0.3, 0.4) is 0 Å². The number of nitrogens with zero attached hydrogens (tertiary/aromatic N) is 1. The standard InChI is InChI=1S/C23H29NO2S/c1-6-16-9-11-18(12-10-16)23-24-21(20(8-3)27-23)19(14-25)22(26)17(7-2)13-15(4)5/h6,9-12,14-15,17,19H,1,7-8,13H2,2-5H3/t17-,19?/m1/s1. The molecule has 1 heterocycles. The Bertz CT molecular complexity index is 789. The molecule has 2 aromatic rings. The summed E-state index contributed by atoms with van der Waals surface area (Å²) in [5.74, 6) is -0.427. The number of Topliss-reactive ketones (excluding diaryl/α,β-unsaturated/α-hetero) is 1. The second-order valence-corrected chi connectivity index (χ2v) is 8.34. The molecule has 1 aromatic carbocycles. The number of aldehydes is 1. The van der Waals surface area contributed by atoms with Gasteiger partial charge in [0.05, 0.1) is 5.69 Å². The maximum atomic E-state index is 13.1. The molecule has 144 valence electrons. The van der Waals surface area contributed by atoms with Gasteiger partial charge in [0.25, 0.3) is 0 Å². The fourth-order valence-electron chi connectivity index (χ4n) is 3.32. The minimum Gasteiger partial charge on any atom is -0.302 e. The molecular formula is C23H29NO2S. The largest absolute Gasteiger partial charge is 0.302 e. The summed E-state index contributed by atoms with van der Waals surface area (Å²) >= 11 is 1.57. The minimum atomic E-state index is -0.763. The number of hydrogen-bond acceptors (Lipinski definition) is 4. The van der Waals surface area contributed by atoms with Gasteiger partial charge in [-0.1, -0.05) is 64.6 Å². The van der Waals surface area contributed by atoms with E-state index in [9.17, 15) is 9.59 Å². The Kier molecular flexibility index (Phi) is 7.66. The Balaban J connectivity index is 2.39. The molecule has 3 nitrogen and oxygen atoms in total. The molecule has 0 N–H and O–H groups in total. The van der Waals surface area contributed by atoms with E-state index in [4.69, 9.17) is 4.98 Å². The van der Waals surface area contributed by atoms with Gasteiger partial charge in [-0.15, -0.1) is 11.3 Å². The van der Waals surface area contributed by atoms with E-state index in [0.29, 0.717) is 11.6 Å².